The van der Waals surface area contributed by atoms with Gasteiger partial charge in [-0.05, 0) is 61.3 Å². The number of rotatable bonds is 9. The maximum absolute atomic E-state index is 8.76. The van der Waals surface area contributed by atoms with E-state index in [0.29, 0.717) is 11.1 Å². The van der Waals surface area contributed by atoms with Crippen LogP contribution >= 0.6 is 0 Å². The van der Waals surface area contributed by atoms with Gasteiger partial charge in [-0.25, -0.2) is 0 Å². The Kier molecular flexibility index (Phi) is 7.50. The second kappa shape index (κ2) is 10.2. The van der Waals surface area contributed by atoms with E-state index in [2.05, 4.69) is 22.8 Å². The fraction of sp³-hybridized carbons (Fsp3) is 0.300. The van der Waals surface area contributed by atoms with Crippen molar-refractivity contribution < 1.29 is 0 Å². The quantitative estimate of drug-likeness (QED) is 0.697. The van der Waals surface area contributed by atoms with Crippen LogP contribution in [-0.4, -0.2) is 13.1 Å². The molecule has 2 aromatic carbocycles. The van der Waals surface area contributed by atoms with E-state index in [-0.39, 0.29) is 0 Å². The van der Waals surface area contributed by atoms with Gasteiger partial charge in [-0.2, -0.15) is 10.5 Å². The van der Waals surface area contributed by atoms with E-state index in [0.717, 1.165) is 39.0 Å². The van der Waals surface area contributed by atoms with Gasteiger partial charge in [0.1, 0.15) is 0 Å². The normalized spacial score (nSPS) is 10.1. The first-order valence-corrected chi connectivity index (χ1v) is 8.21. The Hall–Kier alpha value is -2.66. The van der Waals surface area contributed by atoms with E-state index >= 15 is 0 Å². The number of hydrogen-bond acceptors (Lipinski definition) is 4. The fourth-order valence-corrected chi connectivity index (χ4v) is 2.36. The highest BCUT2D eigenvalue weighted by molar-refractivity contribution is 5.32. The summed E-state index contributed by atoms with van der Waals surface area (Å²) in [7, 11) is 0. The van der Waals surface area contributed by atoms with Crippen LogP contribution in [0.15, 0.2) is 48.5 Å². The molecule has 0 saturated carbocycles. The van der Waals surface area contributed by atoms with Crippen molar-refractivity contribution in [3.63, 3.8) is 0 Å². The maximum atomic E-state index is 8.76. The topological polar surface area (TPSA) is 71.6 Å². The zero-order valence-electron chi connectivity index (χ0n) is 13.8. The third kappa shape index (κ3) is 6.22. The highest BCUT2D eigenvalue weighted by Gasteiger charge is 1.96. The average molecular weight is 318 g/mol. The van der Waals surface area contributed by atoms with Crippen LogP contribution in [0, 0.1) is 22.7 Å². The number of nitrogens with zero attached hydrogens (tertiary/aromatic N) is 2. The standard InChI is InChI=1S/C20H22N4/c21-13-17-3-7-19(8-4-17)15-23-11-1-2-12-24-16-20-9-5-18(14-22)6-10-20/h3-10,23-24H,1-2,11-12,15-16H2. The lowest BCUT2D eigenvalue weighted by molar-refractivity contribution is 0.582. The molecule has 0 radical (unpaired) electrons. The Bertz CT molecular complexity index is 627. The first kappa shape index (κ1) is 17.7. The summed E-state index contributed by atoms with van der Waals surface area (Å²) in [5, 5.41) is 24.4. The molecule has 2 aromatic rings. The Morgan fingerprint density at radius 1 is 0.625 bits per heavy atom. The number of nitrogens with one attached hydrogen (secondary N) is 2. The number of nitriles is 2. The van der Waals surface area contributed by atoms with E-state index in [1.54, 1.807) is 0 Å². The summed E-state index contributed by atoms with van der Waals surface area (Å²) in [5.74, 6) is 0. The SMILES string of the molecule is N#Cc1ccc(CNCCCCNCc2ccc(C#N)cc2)cc1. The van der Waals surface area contributed by atoms with E-state index in [1.807, 2.05) is 48.5 Å². The van der Waals surface area contributed by atoms with Gasteiger partial charge in [0, 0.05) is 13.1 Å². The molecule has 24 heavy (non-hydrogen) atoms. The maximum Gasteiger partial charge on any atom is 0.0991 e. The van der Waals surface area contributed by atoms with Crippen LogP contribution in [-0.2, 0) is 13.1 Å². The smallest absolute Gasteiger partial charge is 0.0991 e. The lowest BCUT2D eigenvalue weighted by atomic mass is 10.1. The van der Waals surface area contributed by atoms with Crippen LogP contribution < -0.4 is 10.6 Å². The van der Waals surface area contributed by atoms with Gasteiger partial charge in [0.25, 0.3) is 0 Å². The fourth-order valence-electron chi connectivity index (χ4n) is 2.36. The zero-order chi connectivity index (χ0) is 17.0. The minimum atomic E-state index is 0.701. The molecular formula is C20H22N4. The second-order valence-corrected chi connectivity index (χ2v) is 5.68. The van der Waals surface area contributed by atoms with Crippen molar-refractivity contribution in [1.82, 2.24) is 10.6 Å². The molecular weight excluding hydrogens is 296 g/mol. The lowest BCUT2D eigenvalue weighted by Crippen LogP contribution is -2.18. The first-order chi connectivity index (χ1) is 11.8. The Morgan fingerprint density at radius 3 is 1.33 bits per heavy atom. The number of hydrogen-bond donors (Lipinski definition) is 2. The lowest BCUT2D eigenvalue weighted by Gasteiger charge is -2.07. The third-order valence-electron chi connectivity index (χ3n) is 3.78. The van der Waals surface area contributed by atoms with Gasteiger partial charge < -0.3 is 10.6 Å². The van der Waals surface area contributed by atoms with Gasteiger partial charge in [-0.15, -0.1) is 0 Å². The third-order valence-corrected chi connectivity index (χ3v) is 3.78. The predicted molar refractivity (Wildman–Crippen MR) is 95.0 cm³/mol. The first-order valence-electron chi connectivity index (χ1n) is 8.21. The summed E-state index contributed by atoms with van der Waals surface area (Å²) >= 11 is 0. The molecule has 0 atom stereocenters. The minimum Gasteiger partial charge on any atom is -0.313 e. The molecule has 4 nitrogen and oxygen atoms in total. The Balaban J connectivity index is 1.50. The van der Waals surface area contributed by atoms with Crippen molar-refractivity contribution in [2.45, 2.75) is 25.9 Å². The molecule has 2 N–H and O–H groups in total. The molecule has 122 valence electrons. The largest absolute Gasteiger partial charge is 0.313 e. The minimum absolute atomic E-state index is 0.701. The van der Waals surface area contributed by atoms with Gasteiger partial charge in [0.2, 0.25) is 0 Å². The highest BCUT2D eigenvalue weighted by Crippen LogP contribution is 2.04. The van der Waals surface area contributed by atoms with Crippen molar-refractivity contribution in [3.8, 4) is 12.1 Å². The van der Waals surface area contributed by atoms with Crippen LogP contribution in [0.3, 0.4) is 0 Å². The molecule has 0 fully saturated rings. The van der Waals surface area contributed by atoms with E-state index in [9.17, 15) is 0 Å². The molecule has 0 bridgehead atoms. The molecule has 0 saturated heterocycles. The van der Waals surface area contributed by atoms with Crippen LogP contribution in [0.2, 0.25) is 0 Å². The van der Waals surface area contributed by atoms with Gasteiger partial charge in [-0.1, -0.05) is 24.3 Å². The molecule has 0 heterocycles. The van der Waals surface area contributed by atoms with Crippen LogP contribution in [0.5, 0.6) is 0 Å². The van der Waals surface area contributed by atoms with Crippen molar-refractivity contribution >= 4 is 0 Å². The molecule has 0 amide bonds. The molecule has 0 spiro atoms. The highest BCUT2D eigenvalue weighted by atomic mass is 14.9. The van der Waals surface area contributed by atoms with Crippen LogP contribution in [0.25, 0.3) is 0 Å². The van der Waals surface area contributed by atoms with E-state index < -0.39 is 0 Å². The molecule has 0 aliphatic carbocycles. The van der Waals surface area contributed by atoms with Crippen molar-refractivity contribution in [2.75, 3.05) is 13.1 Å². The second-order valence-electron chi connectivity index (χ2n) is 5.68. The van der Waals surface area contributed by atoms with Crippen LogP contribution in [0.4, 0.5) is 0 Å². The van der Waals surface area contributed by atoms with Gasteiger partial charge in [-0.3, -0.25) is 0 Å². The molecule has 4 heteroatoms. The number of unbranched alkanes of at least 4 members (excludes halogenated alkanes) is 1. The molecule has 0 aromatic heterocycles. The Morgan fingerprint density at radius 2 is 1.00 bits per heavy atom. The zero-order valence-corrected chi connectivity index (χ0v) is 13.8. The molecule has 2 rings (SSSR count). The Labute approximate surface area is 143 Å². The van der Waals surface area contributed by atoms with Gasteiger partial charge >= 0.3 is 0 Å². The monoisotopic (exact) mass is 318 g/mol. The summed E-state index contributed by atoms with van der Waals surface area (Å²) in [4.78, 5) is 0. The van der Waals surface area contributed by atoms with E-state index in [4.69, 9.17) is 10.5 Å². The van der Waals surface area contributed by atoms with Crippen molar-refractivity contribution in [1.29, 1.82) is 10.5 Å². The van der Waals surface area contributed by atoms with Crippen molar-refractivity contribution in [3.05, 3.63) is 70.8 Å². The summed E-state index contributed by atoms with van der Waals surface area (Å²) < 4.78 is 0. The van der Waals surface area contributed by atoms with Crippen LogP contribution in [0.1, 0.15) is 35.1 Å². The number of benzene rings is 2. The predicted octanol–water partition coefficient (Wildman–Crippen LogP) is 3.09. The van der Waals surface area contributed by atoms with Crippen molar-refractivity contribution in [2.24, 2.45) is 0 Å². The summed E-state index contributed by atoms with van der Waals surface area (Å²) in [6, 6.07) is 19.6. The molecule has 0 aliphatic heterocycles. The summed E-state index contributed by atoms with van der Waals surface area (Å²) in [6.07, 6.45) is 2.24. The van der Waals surface area contributed by atoms with Gasteiger partial charge in [0.15, 0.2) is 0 Å². The summed E-state index contributed by atoms with van der Waals surface area (Å²) in [6.45, 7) is 3.64. The van der Waals surface area contributed by atoms with Gasteiger partial charge in [0.05, 0.1) is 23.3 Å². The van der Waals surface area contributed by atoms with E-state index in [1.165, 1.54) is 11.1 Å². The summed E-state index contributed by atoms with van der Waals surface area (Å²) in [5.41, 5.74) is 3.81. The average Bonchev–Trinajstić information content (AvgIpc) is 2.65. The molecule has 0 aliphatic rings. The molecule has 0 unspecified atom stereocenters.